The van der Waals surface area contributed by atoms with Crippen molar-refractivity contribution < 1.29 is 0 Å². The van der Waals surface area contributed by atoms with Crippen molar-refractivity contribution in [3.05, 3.63) is 30.0 Å². The summed E-state index contributed by atoms with van der Waals surface area (Å²) in [4.78, 5) is 4.89. The summed E-state index contributed by atoms with van der Waals surface area (Å²) >= 11 is 0. The van der Waals surface area contributed by atoms with Crippen LogP contribution >= 0.6 is 0 Å². The summed E-state index contributed by atoms with van der Waals surface area (Å²) < 4.78 is 2.02. The van der Waals surface area contributed by atoms with Crippen molar-refractivity contribution >= 4 is 27.6 Å². The molecule has 4 nitrogen and oxygen atoms in total. The van der Waals surface area contributed by atoms with E-state index in [0.29, 0.717) is 0 Å². The smallest absolute Gasteiger partial charge is 0.160 e. The van der Waals surface area contributed by atoms with Gasteiger partial charge in [0, 0.05) is 18.5 Å². The van der Waals surface area contributed by atoms with E-state index in [1.807, 2.05) is 4.68 Å². The van der Waals surface area contributed by atoms with Gasteiger partial charge in [0.2, 0.25) is 0 Å². The van der Waals surface area contributed by atoms with Gasteiger partial charge in [-0.2, -0.15) is 5.10 Å². The van der Waals surface area contributed by atoms with E-state index in [2.05, 4.69) is 43.4 Å². The highest BCUT2D eigenvalue weighted by Gasteiger charge is 2.18. The summed E-state index contributed by atoms with van der Waals surface area (Å²) in [5.74, 6) is 0.794. The molecule has 2 heterocycles. The van der Waals surface area contributed by atoms with Crippen molar-refractivity contribution in [2.24, 2.45) is 5.92 Å². The number of aromatic nitrogens is 3. The lowest BCUT2D eigenvalue weighted by Crippen LogP contribution is -2.17. The number of pyridine rings is 1. The van der Waals surface area contributed by atoms with E-state index < -0.39 is 0 Å². The van der Waals surface area contributed by atoms with Crippen molar-refractivity contribution in [3.8, 4) is 0 Å². The molecule has 0 unspecified atom stereocenters. The molecule has 1 aliphatic rings. The minimum Gasteiger partial charge on any atom is -0.384 e. The molecule has 4 heteroatoms. The van der Waals surface area contributed by atoms with Crippen LogP contribution in [0.2, 0.25) is 0 Å². The summed E-state index contributed by atoms with van der Waals surface area (Å²) in [6.45, 7) is 6.12. The van der Waals surface area contributed by atoms with Gasteiger partial charge >= 0.3 is 0 Å². The normalized spacial score (nSPS) is 16.1. The van der Waals surface area contributed by atoms with Gasteiger partial charge in [-0.25, -0.2) is 9.67 Å². The summed E-state index contributed by atoms with van der Waals surface area (Å²) in [6.07, 6.45) is 6.87. The first-order valence-electron chi connectivity index (χ1n) is 9.27. The van der Waals surface area contributed by atoms with E-state index in [-0.39, 0.29) is 0 Å². The standard InChI is InChI=1S/C20H26N4/c1-3-24-20-18(14(2)23-24)19(16-11-7-8-12-17(16)22-20)21-13-15-9-5-4-6-10-15/h7-8,11-12,15H,3-6,9-10,13H2,1-2H3,(H,21,22). The van der Waals surface area contributed by atoms with Crippen molar-refractivity contribution in [1.29, 1.82) is 0 Å². The van der Waals surface area contributed by atoms with Crippen LogP contribution < -0.4 is 5.32 Å². The summed E-state index contributed by atoms with van der Waals surface area (Å²) in [7, 11) is 0. The molecule has 1 aromatic carbocycles. The van der Waals surface area contributed by atoms with Gasteiger partial charge in [-0.05, 0) is 38.7 Å². The molecule has 0 saturated heterocycles. The molecular weight excluding hydrogens is 296 g/mol. The van der Waals surface area contributed by atoms with Crippen LogP contribution in [0.1, 0.15) is 44.7 Å². The highest BCUT2D eigenvalue weighted by molar-refractivity contribution is 6.07. The Morgan fingerprint density at radius 2 is 1.96 bits per heavy atom. The molecule has 0 atom stereocenters. The quantitative estimate of drug-likeness (QED) is 0.742. The number of fused-ring (bicyclic) bond motifs is 2. The molecule has 1 aliphatic carbocycles. The lowest BCUT2D eigenvalue weighted by atomic mass is 9.89. The van der Waals surface area contributed by atoms with Crippen molar-refractivity contribution in [2.75, 3.05) is 11.9 Å². The molecule has 4 rings (SSSR count). The zero-order valence-electron chi connectivity index (χ0n) is 14.7. The van der Waals surface area contributed by atoms with Gasteiger partial charge in [-0.3, -0.25) is 0 Å². The van der Waals surface area contributed by atoms with Crippen LogP contribution in [0.3, 0.4) is 0 Å². The number of aryl methyl sites for hydroxylation is 2. The number of benzene rings is 1. The minimum absolute atomic E-state index is 0.794. The van der Waals surface area contributed by atoms with Crippen LogP contribution in [-0.2, 0) is 6.54 Å². The van der Waals surface area contributed by atoms with Gasteiger partial charge in [0.15, 0.2) is 5.65 Å². The number of rotatable bonds is 4. The third kappa shape index (κ3) is 2.64. The Labute approximate surface area is 143 Å². The second-order valence-corrected chi connectivity index (χ2v) is 6.99. The Hall–Kier alpha value is -2.10. The molecule has 0 aliphatic heterocycles. The Bertz CT molecular complexity index is 859. The maximum atomic E-state index is 4.89. The Morgan fingerprint density at radius 3 is 2.75 bits per heavy atom. The second kappa shape index (κ2) is 6.42. The zero-order chi connectivity index (χ0) is 16.5. The van der Waals surface area contributed by atoms with Crippen LogP contribution in [0, 0.1) is 12.8 Å². The van der Waals surface area contributed by atoms with Crippen LogP contribution in [-0.4, -0.2) is 21.3 Å². The molecule has 2 aromatic heterocycles. The number of nitrogens with one attached hydrogen (secondary N) is 1. The maximum absolute atomic E-state index is 4.89. The average molecular weight is 322 g/mol. The fourth-order valence-electron chi connectivity index (χ4n) is 4.05. The Balaban J connectivity index is 1.81. The van der Waals surface area contributed by atoms with E-state index in [1.54, 1.807) is 0 Å². The van der Waals surface area contributed by atoms with E-state index >= 15 is 0 Å². The highest BCUT2D eigenvalue weighted by atomic mass is 15.3. The van der Waals surface area contributed by atoms with Gasteiger partial charge in [-0.1, -0.05) is 37.5 Å². The lowest BCUT2D eigenvalue weighted by Gasteiger charge is -2.23. The first-order chi connectivity index (χ1) is 11.8. The third-order valence-electron chi connectivity index (χ3n) is 5.34. The molecule has 1 fully saturated rings. The van der Waals surface area contributed by atoms with Crippen molar-refractivity contribution in [3.63, 3.8) is 0 Å². The second-order valence-electron chi connectivity index (χ2n) is 6.99. The van der Waals surface area contributed by atoms with Gasteiger partial charge < -0.3 is 5.32 Å². The topological polar surface area (TPSA) is 42.7 Å². The molecule has 3 aromatic rings. The predicted octanol–water partition coefficient (Wildman–Crippen LogP) is 4.91. The molecule has 24 heavy (non-hydrogen) atoms. The number of hydrogen-bond acceptors (Lipinski definition) is 3. The summed E-state index contributed by atoms with van der Waals surface area (Å²) in [5.41, 5.74) is 4.33. The van der Waals surface area contributed by atoms with Crippen molar-refractivity contribution in [1.82, 2.24) is 14.8 Å². The molecular formula is C20H26N4. The van der Waals surface area contributed by atoms with E-state index in [0.717, 1.165) is 35.9 Å². The molecule has 1 N–H and O–H groups in total. The fourth-order valence-corrected chi connectivity index (χ4v) is 4.05. The zero-order valence-corrected chi connectivity index (χ0v) is 14.7. The van der Waals surface area contributed by atoms with E-state index in [4.69, 9.17) is 10.1 Å². The predicted molar refractivity (Wildman–Crippen MR) is 101 cm³/mol. The number of nitrogens with zero attached hydrogens (tertiary/aromatic N) is 3. The summed E-state index contributed by atoms with van der Waals surface area (Å²) in [6, 6.07) is 8.43. The Morgan fingerprint density at radius 1 is 1.17 bits per heavy atom. The largest absolute Gasteiger partial charge is 0.384 e. The summed E-state index contributed by atoms with van der Waals surface area (Å²) in [5, 5.41) is 10.9. The van der Waals surface area contributed by atoms with Crippen LogP contribution in [0.25, 0.3) is 21.9 Å². The van der Waals surface area contributed by atoms with E-state index in [9.17, 15) is 0 Å². The monoisotopic (exact) mass is 322 g/mol. The molecule has 0 amide bonds. The minimum atomic E-state index is 0.794. The average Bonchev–Trinajstić information content (AvgIpc) is 2.95. The van der Waals surface area contributed by atoms with Crippen LogP contribution in [0.5, 0.6) is 0 Å². The number of anilines is 1. The lowest BCUT2D eigenvalue weighted by molar-refractivity contribution is 0.373. The van der Waals surface area contributed by atoms with Gasteiger partial charge in [-0.15, -0.1) is 0 Å². The highest BCUT2D eigenvalue weighted by Crippen LogP contribution is 2.34. The molecule has 126 valence electrons. The first-order valence-corrected chi connectivity index (χ1v) is 9.27. The molecule has 0 bridgehead atoms. The SMILES string of the molecule is CCn1nc(C)c2c(NCC3CCCCC3)c3ccccc3nc21. The molecule has 1 saturated carbocycles. The molecule has 0 spiro atoms. The van der Waals surface area contributed by atoms with Crippen molar-refractivity contribution in [2.45, 2.75) is 52.5 Å². The van der Waals surface area contributed by atoms with Crippen LogP contribution in [0.15, 0.2) is 24.3 Å². The third-order valence-corrected chi connectivity index (χ3v) is 5.34. The fraction of sp³-hybridized carbons (Fsp3) is 0.500. The van der Waals surface area contributed by atoms with Gasteiger partial charge in [0.05, 0.1) is 22.3 Å². The first kappa shape index (κ1) is 15.4. The molecule has 0 radical (unpaired) electrons. The van der Waals surface area contributed by atoms with Gasteiger partial charge in [0.25, 0.3) is 0 Å². The maximum Gasteiger partial charge on any atom is 0.160 e. The van der Waals surface area contributed by atoms with Crippen LogP contribution in [0.4, 0.5) is 5.69 Å². The van der Waals surface area contributed by atoms with E-state index in [1.165, 1.54) is 48.6 Å². The number of hydrogen-bond donors (Lipinski definition) is 1. The number of para-hydroxylation sites is 1. The van der Waals surface area contributed by atoms with Gasteiger partial charge in [0.1, 0.15) is 0 Å². The Kier molecular flexibility index (Phi) is 4.13.